The minimum absolute atomic E-state index is 0.215. The Bertz CT molecular complexity index is 748. The van der Waals surface area contributed by atoms with Crippen molar-refractivity contribution >= 4 is 17.2 Å². The highest BCUT2D eigenvalue weighted by Crippen LogP contribution is 2.25. The molecule has 22 heavy (non-hydrogen) atoms. The van der Waals surface area contributed by atoms with E-state index >= 15 is 0 Å². The van der Waals surface area contributed by atoms with Crippen LogP contribution in [0.15, 0.2) is 52.5 Å². The number of ether oxygens (including phenoxy) is 1. The maximum Gasteiger partial charge on any atom is 0.271 e. The highest BCUT2D eigenvalue weighted by atomic mass is 32.1. The molecule has 0 spiro atoms. The van der Waals surface area contributed by atoms with Gasteiger partial charge in [0.1, 0.15) is 22.2 Å². The number of rotatable bonds is 5. The Kier molecular flexibility index (Phi) is 4.20. The predicted molar refractivity (Wildman–Crippen MR) is 84.0 cm³/mol. The molecule has 0 atom stereocenters. The molecule has 0 aliphatic rings. The van der Waals surface area contributed by atoms with Crippen molar-refractivity contribution < 1.29 is 13.9 Å². The summed E-state index contributed by atoms with van der Waals surface area (Å²) < 4.78 is 10.3. The minimum Gasteiger partial charge on any atom is -0.497 e. The van der Waals surface area contributed by atoms with Gasteiger partial charge in [0.25, 0.3) is 5.91 Å². The number of furan rings is 1. The van der Waals surface area contributed by atoms with Gasteiger partial charge < -0.3 is 14.5 Å². The van der Waals surface area contributed by atoms with Gasteiger partial charge in [-0.3, -0.25) is 4.79 Å². The third-order valence-electron chi connectivity index (χ3n) is 3.08. The van der Waals surface area contributed by atoms with Gasteiger partial charge in [-0.1, -0.05) is 0 Å². The second-order valence-electron chi connectivity index (χ2n) is 4.53. The zero-order valence-corrected chi connectivity index (χ0v) is 12.7. The highest BCUT2D eigenvalue weighted by molar-refractivity contribution is 7.13. The van der Waals surface area contributed by atoms with Crippen molar-refractivity contribution in [1.29, 1.82) is 0 Å². The summed E-state index contributed by atoms with van der Waals surface area (Å²) in [7, 11) is 1.62. The summed E-state index contributed by atoms with van der Waals surface area (Å²) in [4.78, 5) is 16.4. The molecule has 3 aromatic rings. The second-order valence-corrected chi connectivity index (χ2v) is 5.39. The van der Waals surface area contributed by atoms with Crippen LogP contribution in [0.1, 0.15) is 16.2 Å². The lowest BCUT2D eigenvalue weighted by atomic mass is 10.2. The Labute approximate surface area is 131 Å². The number of hydrogen-bond donors (Lipinski definition) is 1. The smallest absolute Gasteiger partial charge is 0.271 e. The summed E-state index contributed by atoms with van der Waals surface area (Å²) in [5.74, 6) is 1.28. The van der Waals surface area contributed by atoms with E-state index in [2.05, 4.69) is 10.3 Å². The number of hydrogen-bond acceptors (Lipinski definition) is 5. The van der Waals surface area contributed by atoms with Crippen LogP contribution in [0.25, 0.3) is 10.6 Å². The monoisotopic (exact) mass is 314 g/mol. The number of methoxy groups -OCH3 is 1. The van der Waals surface area contributed by atoms with Gasteiger partial charge in [0.15, 0.2) is 0 Å². The molecule has 112 valence electrons. The molecule has 1 N–H and O–H groups in total. The van der Waals surface area contributed by atoms with Crippen LogP contribution >= 0.6 is 11.3 Å². The van der Waals surface area contributed by atoms with Crippen LogP contribution in [0.4, 0.5) is 0 Å². The third kappa shape index (κ3) is 3.17. The number of aromatic nitrogens is 1. The fourth-order valence-corrected chi connectivity index (χ4v) is 2.72. The molecule has 0 saturated carbocycles. The number of benzene rings is 1. The van der Waals surface area contributed by atoms with Gasteiger partial charge in [0.2, 0.25) is 0 Å². The van der Waals surface area contributed by atoms with Crippen molar-refractivity contribution in [2.45, 2.75) is 6.54 Å². The van der Waals surface area contributed by atoms with Gasteiger partial charge in [-0.15, -0.1) is 11.3 Å². The van der Waals surface area contributed by atoms with Crippen LogP contribution in [0.5, 0.6) is 5.75 Å². The Morgan fingerprint density at radius 3 is 2.82 bits per heavy atom. The van der Waals surface area contributed by atoms with E-state index in [-0.39, 0.29) is 5.91 Å². The summed E-state index contributed by atoms with van der Waals surface area (Å²) in [6.45, 7) is 0.348. The largest absolute Gasteiger partial charge is 0.497 e. The summed E-state index contributed by atoms with van der Waals surface area (Å²) in [6, 6.07) is 11.2. The quantitative estimate of drug-likeness (QED) is 0.784. The van der Waals surface area contributed by atoms with Crippen LogP contribution < -0.4 is 10.1 Å². The normalized spacial score (nSPS) is 10.4. The highest BCUT2D eigenvalue weighted by Gasteiger charge is 2.12. The van der Waals surface area contributed by atoms with E-state index in [0.717, 1.165) is 16.3 Å². The first-order valence-corrected chi connectivity index (χ1v) is 7.55. The standard InChI is InChI=1S/C16H14N2O3S/c1-20-12-6-4-11(5-7-12)16-18-14(10-22-16)15(19)17-9-13-3-2-8-21-13/h2-8,10H,9H2,1H3,(H,17,19). The lowest BCUT2D eigenvalue weighted by Gasteiger charge is -2.01. The molecule has 0 aliphatic carbocycles. The minimum atomic E-state index is -0.215. The Balaban J connectivity index is 1.68. The van der Waals surface area contributed by atoms with Crippen LogP contribution in [-0.4, -0.2) is 18.0 Å². The fourth-order valence-electron chi connectivity index (χ4n) is 1.92. The molecular formula is C16H14N2O3S. The number of nitrogens with one attached hydrogen (secondary N) is 1. The zero-order valence-electron chi connectivity index (χ0n) is 11.9. The van der Waals surface area contributed by atoms with Crippen LogP contribution in [0.3, 0.4) is 0 Å². The fraction of sp³-hybridized carbons (Fsp3) is 0.125. The molecule has 5 nitrogen and oxygen atoms in total. The molecule has 0 bridgehead atoms. The van der Waals surface area contributed by atoms with Gasteiger partial charge in [-0.2, -0.15) is 0 Å². The molecule has 2 heterocycles. The van der Waals surface area contributed by atoms with E-state index in [1.54, 1.807) is 24.8 Å². The van der Waals surface area contributed by atoms with Crippen LogP contribution in [0, 0.1) is 0 Å². The van der Waals surface area contributed by atoms with Gasteiger partial charge in [-0.25, -0.2) is 4.98 Å². The van der Waals surface area contributed by atoms with E-state index in [1.807, 2.05) is 30.3 Å². The van der Waals surface area contributed by atoms with Crippen molar-refractivity contribution in [2.24, 2.45) is 0 Å². The Hall–Kier alpha value is -2.60. The first-order chi connectivity index (χ1) is 10.8. The summed E-state index contributed by atoms with van der Waals surface area (Å²) in [6.07, 6.45) is 1.58. The van der Waals surface area contributed by atoms with Crippen molar-refractivity contribution in [1.82, 2.24) is 10.3 Å². The lowest BCUT2D eigenvalue weighted by Crippen LogP contribution is -2.22. The zero-order chi connectivity index (χ0) is 15.4. The van der Waals surface area contributed by atoms with E-state index in [1.165, 1.54) is 11.3 Å². The molecule has 1 aromatic carbocycles. The number of carbonyl (C=O) groups is 1. The predicted octanol–water partition coefficient (Wildman–Crippen LogP) is 3.34. The molecule has 0 unspecified atom stereocenters. The molecule has 3 rings (SSSR count). The first kappa shape index (κ1) is 14.3. The topological polar surface area (TPSA) is 64.4 Å². The summed E-state index contributed by atoms with van der Waals surface area (Å²) in [5, 5.41) is 5.32. The van der Waals surface area contributed by atoms with E-state index in [0.29, 0.717) is 18.0 Å². The molecule has 6 heteroatoms. The maximum absolute atomic E-state index is 12.1. The van der Waals surface area contributed by atoms with Gasteiger partial charge in [0, 0.05) is 10.9 Å². The second kappa shape index (κ2) is 6.44. The number of nitrogens with zero attached hydrogens (tertiary/aromatic N) is 1. The average Bonchev–Trinajstić information content (AvgIpc) is 3.24. The maximum atomic E-state index is 12.1. The van der Waals surface area contributed by atoms with Crippen molar-refractivity contribution in [3.8, 4) is 16.3 Å². The van der Waals surface area contributed by atoms with Crippen LogP contribution in [-0.2, 0) is 6.54 Å². The molecular weight excluding hydrogens is 300 g/mol. The molecule has 0 radical (unpaired) electrons. The van der Waals surface area contributed by atoms with Crippen molar-refractivity contribution in [3.63, 3.8) is 0 Å². The van der Waals surface area contributed by atoms with E-state index < -0.39 is 0 Å². The van der Waals surface area contributed by atoms with Gasteiger partial charge in [-0.05, 0) is 36.4 Å². The third-order valence-corrected chi connectivity index (χ3v) is 3.97. The molecule has 0 saturated heterocycles. The van der Waals surface area contributed by atoms with Crippen LogP contribution in [0.2, 0.25) is 0 Å². The molecule has 0 fully saturated rings. The van der Waals surface area contributed by atoms with Gasteiger partial charge in [0.05, 0.1) is 19.9 Å². The number of amides is 1. The van der Waals surface area contributed by atoms with E-state index in [4.69, 9.17) is 9.15 Å². The van der Waals surface area contributed by atoms with Gasteiger partial charge >= 0.3 is 0 Å². The van der Waals surface area contributed by atoms with Crippen molar-refractivity contribution in [3.05, 3.63) is 59.5 Å². The molecule has 2 aromatic heterocycles. The molecule has 0 aliphatic heterocycles. The van der Waals surface area contributed by atoms with Crippen molar-refractivity contribution in [2.75, 3.05) is 7.11 Å². The summed E-state index contributed by atoms with van der Waals surface area (Å²) >= 11 is 1.43. The number of thiazole rings is 1. The lowest BCUT2D eigenvalue weighted by molar-refractivity contribution is 0.0944. The summed E-state index contributed by atoms with van der Waals surface area (Å²) in [5.41, 5.74) is 1.36. The Morgan fingerprint density at radius 2 is 2.14 bits per heavy atom. The average molecular weight is 314 g/mol. The number of carbonyl (C=O) groups excluding carboxylic acids is 1. The first-order valence-electron chi connectivity index (χ1n) is 6.67. The SMILES string of the molecule is COc1ccc(-c2nc(C(=O)NCc3ccco3)cs2)cc1. The molecule has 1 amide bonds. The van der Waals surface area contributed by atoms with E-state index in [9.17, 15) is 4.79 Å². The Morgan fingerprint density at radius 1 is 1.32 bits per heavy atom.